The molecule has 0 saturated heterocycles. The van der Waals surface area contributed by atoms with Crippen LogP contribution in [0.1, 0.15) is 40.5 Å². The molecule has 0 unspecified atom stereocenters. The van der Waals surface area contributed by atoms with Gasteiger partial charge in [-0.25, -0.2) is 0 Å². The minimum absolute atomic E-state index is 0.294. The summed E-state index contributed by atoms with van der Waals surface area (Å²) in [7, 11) is -3.37. The molecule has 0 aromatic heterocycles. The standard InChI is InChI=1S/C15H27O4P/c1-6-14(4,5)15(16)12-10-9-11-13(15)20(17,18-7-2)19-8-3/h6,10,12-13,16H,1,7-9,11H2,2-5H3/t13-,15+/m0/s1. The predicted molar refractivity (Wildman–Crippen MR) is 81.9 cm³/mol. The molecule has 0 radical (unpaired) electrons. The topological polar surface area (TPSA) is 55.8 Å². The van der Waals surface area contributed by atoms with Gasteiger partial charge in [0.2, 0.25) is 0 Å². The fraction of sp³-hybridized carbons (Fsp3) is 0.733. The van der Waals surface area contributed by atoms with Crippen LogP contribution in [0.5, 0.6) is 0 Å². The Hall–Kier alpha value is -0.410. The monoisotopic (exact) mass is 302 g/mol. The normalized spacial score (nSPS) is 27.6. The van der Waals surface area contributed by atoms with Gasteiger partial charge in [-0.05, 0) is 26.7 Å². The molecule has 1 aliphatic carbocycles. The lowest BCUT2D eigenvalue weighted by Gasteiger charge is -2.47. The van der Waals surface area contributed by atoms with E-state index in [-0.39, 0.29) is 0 Å². The van der Waals surface area contributed by atoms with Gasteiger partial charge in [-0.15, -0.1) is 6.58 Å². The van der Waals surface area contributed by atoms with Crippen LogP contribution in [0.4, 0.5) is 0 Å². The molecule has 0 aromatic carbocycles. The SMILES string of the molecule is C=CC(C)(C)[C@@]1(O)C=CCC[C@@H]1P(=O)(OCC)OCC. The van der Waals surface area contributed by atoms with Crippen molar-refractivity contribution in [3.05, 3.63) is 24.8 Å². The summed E-state index contributed by atoms with van der Waals surface area (Å²) in [5.41, 5.74) is -2.49. The van der Waals surface area contributed by atoms with Gasteiger partial charge in [-0.2, -0.15) is 0 Å². The van der Waals surface area contributed by atoms with Crippen molar-refractivity contribution in [2.45, 2.75) is 51.8 Å². The molecule has 0 amide bonds. The second kappa shape index (κ2) is 6.57. The first-order valence-corrected chi connectivity index (χ1v) is 8.81. The number of allylic oxidation sites excluding steroid dienone is 1. The summed E-state index contributed by atoms with van der Waals surface area (Å²) >= 11 is 0. The van der Waals surface area contributed by atoms with Crippen molar-refractivity contribution in [2.24, 2.45) is 5.41 Å². The lowest BCUT2D eigenvalue weighted by molar-refractivity contribution is -0.0147. The third-order valence-electron chi connectivity index (χ3n) is 4.03. The summed E-state index contributed by atoms with van der Waals surface area (Å²) in [6, 6.07) is 0. The molecule has 1 N–H and O–H groups in total. The molecule has 0 spiro atoms. The molecule has 0 heterocycles. The summed E-state index contributed by atoms with van der Waals surface area (Å²) < 4.78 is 24.0. The lowest BCUT2D eigenvalue weighted by Crippen LogP contribution is -2.52. The van der Waals surface area contributed by atoms with Crippen LogP contribution in [0, 0.1) is 5.41 Å². The van der Waals surface area contributed by atoms with E-state index in [0.717, 1.165) is 6.42 Å². The Morgan fingerprint density at radius 2 is 2.00 bits per heavy atom. The summed E-state index contributed by atoms with van der Waals surface area (Å²) in [6.07, 6.45) is 6.67. The molecule has 0 saturated carbocycles. The molecule has 0 bridgehead atoms. The first kappa shape index (κ1) is 17.6. The average Bonchev–Trinajstić information content (AvgIpc) is 2.39. The maximum atomic E-state index is 13.1. The molecule has 0 fully saturated rings. The molecule has 1 rings (SSSR count). The van der Waals surface area contributed by atoms with Crippen LogP contribution < -0.4 is 0 Å². The average molecular weight is 302 g/mol. The van der Waals surface area contributed by atoms with E-state index < -0.39 is 24.3 Å². The summed E-state index contributed by atoms with van der Waals surface area (Å²) in [5.74, 6) is 0. The number of hydrogen-bond donors (Lipinski definition) is 1. The molecule has 5 heteroatoms. The summed E-state index contributed by atoms with van der Waals surface area (Å²) in [6.45, 7) is 11.7. The quantitative estimate of drug-likeness (QED) is 0.572. The zero-order valence-corrected chi connectivity index (χ0v) is 13.9. The molecule has 20 heavy (non-hydrogen) atoms. The molecular weight excluding hydrogens is 275 g/mol. The van der Waals surface area contributed by atoms with Crippen molar-refractivity contribution in [3.63, 3.8) is 0 Å². The van der Waals surface area contributed by atoms with Crippen molar-refractivity contribution in [3.8, 4) is 0 Å². The smallest absolute Gasteiger partial charge is 0.336 e. The maximum Gasteiger partial charge on any atom is 0.336 e. The Labute approximate surface area is 122 Å². The molecule has 0 aromatic rings. The molecule has 0 aliphatic heterocycles. The molecule has 1 aliphatic rings. The van der Waals surface area contributed by atoms with Crippen LogP contribution in [0.25, 0.3) is 0 Å². The van der Waals surface area contributed by atoms with Gasteiger partial charge in [0.15, 0.2) is 0 Å². The third kappa shape index (κ3) is 3.09. The predicted octanol–water partition coefficient (Wildman–Crippen LogP) is 3.91. The molecule has 4 nitrogen and oxygen atoms in total. The Morgan fingerprint density at radius 3 is 2.45 bits per heavy atom. The van der Waals surface area contributed by atoms with E-state index in [1.807, 2.05) is 19.9 Å². The van der Waals surface area contributed by atoms with Crippen molar-refractivity contribution >= 4 is 7.60 Å². The van der Waals surface area contributed by atoms with E-state index in [4.69, 9.17) is 9.05 Å². The van der Waals surface area contributed by atoms with Crippen LogP contribution >= 0.6 is 7.60 Å². The van der Waals surface area contributed by atoms with E-state index in [1.165, 1.54) is 0 Å². The van der Waals surface area contributed by atoms with Gasteiger partial charge in [-0.3, -0.25) is 4.57 Å². The van der Waals surface area contributed by atoms with Gasteiger partial charge in [0, 0.05) is 5.41 Å². The van der Waals surface area contributed by atoms with Crippen LogP contribution in [-0.2, 0) is 13.6 Å². The second-order valence-corrected chi connectivity index (χ2v) is 7.84. The van der Waals surface area contributed by atoms with Gasteiger partial charge in [0.25, 0.3) is 0 Å². The van der Waals surface area contributed by atoms with Gasteiger partial charge >= 0.3 is 7.60 Å². The first-order chi connectivity index (χ1) is 9.27. The largest absolute Gasteiger partial charge is 0.384 e. The van der Waals surface area contributed by atoms with Gasteiger partial charge in [-0.1, -0.05) is 32.1 Å². The third-order valence-corrected chi connectivity index (χ3v) is 6.68. The molecule has 2 atom stereocenters. The number of hydrogen-bond acceptors (Lipinski definition) is 4. The van der Waals surface area contributed by atoms with Crippen LogP contribution in [-0.4, -0.2) is 29.6 Å². The zero-order valence-electron chi connectivity index (χ0n) is 13.0. The van der Waals surface area contributed by atoms with Crippen LogP contribution in [0.2, 0.25) is 0 Å². The van der Waals surface area contributed by atoms with Crippen LogP contribution in [0.15, 0.2) is 24.8 Å². The number of rotatable bonds is 7. The van der Waals surface area contributed by atoms with Gasteiger partial charge < -0.3 is 14.2 Å². The molecule has 116 valence electrons. The Balaban J connectivity index is 3.28. The Kier molecular flexibility index (Phi) is 5.79. The minimum atomic E-state index is -3.37. The van der Waals surface area contributed by atoms with Gasteiger partial charge in [0.1, 0.15) is 5.60 Å². The minimum Gasteiger partial charge on any atom is -0.384 e. The Bertz CT molecular complexity index is 406. The Morgan fingerprint density at radius 1 is 1.45 bits per heavy atom. The second-order valence-electron chi connectivity index (χ2n) is 5.62. The van der Waals surface area contributed by atoms with Crippen molar-refractivity contribution in [1.29, 1.82) is 0 Å². The highest BCUT2D eigenvalue weighted by atomic mass is 31.2. The van der Waals surface area contributed by atoms with Gasteiger partial charge in [0.05, 0.1) is 18.9 Å². The van der Waals surface area contributed by atoms with E-state index in [0.29, 0.717) is 19.6 Å². The van der Waals surface area contributed by atoms with Crippen LogP contribution in [0.3, 0.4) is 0 Å². The zero-order chi connectivity index (χ0) is 15.4. The molecular formula is C15H27O4P. The lowest BCUT2D eigenvalue weighted by atomic mass is 9.70. The number of aliphatic hydroxyl groups is 1. The summed E-state index contributed by atoms with van der Waals surface area (Å²) in [5, 5.41) is 11.2. The summed E-state index contributed by atoms with van der Waals surface area (Å²) in [4.78, 5) is 0. The maximum absolute atomic E-state index is 13.1. The highest BCUT2D eigenvalue weighted by Crippen LogP contribution is 2.62. The van der Waals surface area contributed by atoms with Crippen molar-refractivity contribution < 1.29 is 18.7 Å². The van der Waals surface area contributed by atoms with Crippen molar-refractivity contribution in [1.82, 2.24) is 0 Å². The fourth-order valence-electron chi connectivity index (χ4n) is 2.63. The highest BCUT2D eigenvalue weighted by Gasteiger charge is 2.55. The van der Waals surface area contributed by atoms with E-state index in [1.54, 1.807) is 26.0 Å². The van der Waals surface area contributed by atoms with E-state index in [2.05, 4.69) is 6.58 Å². The first-order valence-electron chi connectivity index (χ1n) is 7.20. The fourth-order valence-corrected chi connectivity index (χ4v) is 5.15. The van der Waals surface area contributed by atoms with E-state index in [9.17, 15) is 9.67 Å². The van der Waals surface area contributed by atoms with Crippen molar-refractivity contribution in [2.75, 3.05) is 13.2 Å². The van der Waals surface area contributed by atoms with E-state index >= 15 is 0 Å². The highest BCUT2D eigenvalue weighted by molar-refractivity contribution is 7.54.